The zero-order valence-electron chi connectivity index (χ0n) is 22.5. The number of ether oxygens (including phenoxy) is 3. The zero-order chi connectivity index (χ0) is 26.6. The molecule has 2 N–H and O–H groups in total. The van der Waals surface area contributed by atoms with E-state index in [1.54, 1.807) is 12.1 Å². The number of amides is 3. The Bertz CT molecular complexity index is 867. The first-order chi connectivity index (χ1) is 17.9. The van der Waals surface area contributed by atoms with E-state index in [4.69, 9.17) is 21.1 Å². The second-order valence-corrected chi connectivity index (χ2v) is 10.4. The minimum absolute atomic E-state index is 0.000943. The van der Waals surface area contributed by atoms with Gasteiger partial charge in [-0.3, -0.25) is 5.01 Å². The lowest BCUT2D eigenvalue weighted by Gasteiger charge is -2.39. The molecule has 2 saturated heterocycles. The van der Waals surface area contributed by atoms with Gasteiger partial charge in [0, 0.05) is 57.4 Å². The molecule has 2 heterocycles. The molecule has 0 bridgehead atoms. The summed E-state index contributed by atoms with van der Waals surface area (Å²) in [7, 11) is 3.14. The van der Waals surface area contributed by atoms with Gasteiger partial charge >= 0.3 is 12.1 Å². The summed E-state index contributed by atoms with van der Waals surface area (Å²) in [4.78, 5) is 26.8. The molecule has 0 aliphatic carbocycles. The van der Waals surface area contributed by atoms with Crippen LogP contribution in [-0.2, 0) is 14.2 Å². The molecule has 2 fully saturated rings. The lowest BCUT2D eigenvalue weighted by molar-refractivity contribution is -0.0118. The summed E-state index contributed by atoms with van der Waals surface area (Å²) in [5, 5.41) is 5.04. The van der Waals surface area contributed by atoms with Crippen LogP contribution in [0.2, 0.25) is 5.02 Å². The van der Waals surface area contributed by atoms with Crippen LogP contribution >= 0.6 is 11.6 Å². The number of aryl methyl sites for hydroxylation is 1. The summed E-state index contributed by atoms with van der Waals surface area (Å²) in [5.74, 6) is 0.695. The van der Waals surface area contributed by atoms with Crippen molar-refractivity contribution in [3.8, 4) is 0 Å². The van der Waals surface area contributed by atoms with Gasteiger partial charge in [-0.25, -0.2) is 15.0 Å². The maximum atomic E-state index is 13.4. The lowest BCUT2D eigenvalue weighted by atomic mass is 9.86. The van der Waals surface area contributed by atoms with Gasteiger partial charge in [0.1, 0.15) is 0 Å². The van der Waals surface area contributed by atoms with E-state index < -0.39 is 6.09 Å². The van der Waals surface area contributed by atoms with Crippen LogP contribution in [0, 0.1) is 18.8 Å². The van der Waals surface area contributed by atoms with E-state index >= 15 is 0 Å². The molecule has 1 aromatic rings. The number of carbonyl (C=O) groups excluding carboxylic acids is 2. The van der Waals surface area contributed by atoms with Crippen molar-refractivity contribution in [3.05, 3.63) is 34.3 Å². The van der Waals surface area contributed by atoms with Gasteiger partial charge in [-0.1, -0.05) is 17.7 Å². The number of hydrogen-bond acceptors (Lipinski definition) is 6. The quantitative estimate of drug-likeness (QED) is 0.317. The summed E-state index contributed by atoms with van der Waals surface area (Å²) in [6.07, 6.45) is 5.44. The number of urea groups is 1. The Morgan fingerprint density at radius 3 is 2.86 bits per heavy atom. The molecule has 0 aromatic heterocycles. The molecule has 2 unspecified atom stereocenters. The second kappa shape index (κ2) is 15.4. The molecule has 208 valence electrons. The predicted octanol–water partition coefficient (Wildman–Crippen LogP) is 4.54. The van der Waals surface area contributed by atoms with E-state index in [1.807, 2.05) is 30.0 Å². The number of halogens is 1. The zero-order valence-corrected chi connectivity index (χ0v) is 23.2. The molecule has 0 spiro atoms. The summed E-state index contributed by atoms with van der Waals surface area (Å²) in [6, 6.07) is 5.82. The molecule has 37 heavy (non-hydrogen) atoms. The van der Waals surface area contributed by atoms with Gasteiger partial charge in [0.05, 0.1) is 19.8 Å². The summed E-state index contributed by atoms with van der Waals surface area (Å²) >= 11 is 6.35. The maximum Gasteiger partial charge on any atom is 0.406 e. The topological polar surface area (TPSA) is 92.4 Å². The summed E-state index contributed by atoms with van der Waals surface area (Å²) < 4.78 is 16.6. The standard InChI is InChI=1S/C27H43ClN4O5/c1-20-10-11-23(28)17-24(20)25(37-16-12-30-26(33)35-3)22-9-5-13-31(18-22)27(34)32(29-2)14-4-7-21-8-6-15-36-19-21/h10-11,17,21-22,25,29H,4-9,12-16,18-19H2,1-3H3,(H,30,33)/t21?,22?,25-/m0/s1. The van der Waals surface area contributed by atoms with Gasteiger partial charge in [-0.2, -0.15) is 0 Å². The van der Waals surface area contributed by atoms with Crippen LogP contribution in [0.5, 0.6) is 0 Å². The SMILES string of the molecule is CNN(CCCC1CCCOC1)C(=O)N1CCCC([C@H](OCCNC(=O)OC)c2cc(Cl)ccc2C)C1. The number of carbonyl (C=O) groups is 2. The fourth-order valence-corrected chi connectivity index (χ4v) is 5.47. The number of alkyl carbamates (subject to hydrolysis) is 1. The highest BCUT2D eigenvalue weighted by atomic mass is 35.5. The fraction of sp³-hybridized carbons (Fsp3) is 0.704. The predicted molar refractivity (Wildman–Crippen MR) is 144 cm³/mol. The van der Waals surface area contributed by atoms with Gasteiger partial charge in [-0.15, -0.1) is 0 Å². The number of benzene rings is 1. The molecule has 0 saturated carbocycles. The van der Waals surface area contributed by atoms with Crippen molar-refractivity contribution < 1.29 is 23.8 Å². The van der Waals surface area contributed by atoms with E-state index in [9.17, 15) is 9.59 Å². The molecule has 9 nitrogen and oxygen atoms in total. The third-order valence-electron chi connectivity index (χ3n) is 7.31. The number of nitrogens with one attached hydrogen (secondary N) is 2. The van der Waals surface area contributed by atoms with Crippen LogP contribution in [0.1, 0.15) is 55.8 Å². The van der Waals surface area contributed by atoms with E-state index in [0.717, 1.165) is 63.0 Å². The van der Waals surface area contributed by atoms with E-state index in [1.165, 1.54) is 13.5 Å². The van der Waals surface area contributed by atoms with Crippen molar-refractivity contribution in [1.29, 1.82) is 0 Å². The largest absolute Gasteiger partial charge is 0.453 e. The van der Waals surface area contributed by atoms with Crippen LogP contribution in [0.15, 0.2) is 18.2 Å². The Morgan fingerprint density at radius 2 is 2.14 bits per heavy atom. The number of hydrogen-bond donors (Lipinski definition) is 2. The van der Waals surface area contributed by atoms with Crippen LogP contribution in [0.3, 0.4) is 0 Å². The molecule has 3 atom stereocenters. The first-order valence-corrected chi connectivity index (χ1v) is 13.8. The van der Waals surface area contributed by atoms with Crippen molar-refractivity contribution in [2.45, 2.75) is 51.6 Å². The normalized spacial score (nSPS) is 20.8. The minimum atomic E-state index is -0.489. The number of hydrazine groups is 1. The maximum absolute atomic E-state index is 13.4. The number of piperidine rings is 1. The van der Waals surface area contributed by atoms with Gasteiger partial charge in [0.2, 0.25) is 0 Å². The first-order valence-electron chi connectivity index (χ1n) is 13.4. The highest BCUT2D eigenvalue weighted by Crippen LogP contribution is 2.36. The third-order valence-corrected chi connectivity index (χ3v) is 7.54. The van der Waals surface area contributed by atoms with Gasteiger partial charge in [-0.05, 0) is 74.6 Å². The Morgan fingerprint density at radius 1 is 1.30 bits per heavy atom. The van der Waals surface area contributed by atoms with E-state index in [-0.39, 0.29) is 18.1 Å². The van der Waals surface area contributed by atoms with Gasteiger partial charge in [0.15, 0.2) is 0 Å². The minimum Gasteiger partial charge on any atom is -0.453 e. The average Bonchev–Trinajstić information content (AvgIpc) is 2.93. The number of methoxy groups -OCH3 is 1. The average molecular weight is 539 g/mol. The Hall–Kier alpha value is -2.07. The molecule has 3 rings (SSSR count). The van der Waals surface area contributed by atoms with E-state index in [2.05, 4.69) is 15.5 Å². The van der Waals surface area contributed by atoms with Crippen molar-refractivity contribution in [3.63, 3.8) is 0 Å². The molecular weight excluding hydrogens is 496 g/mol. The molecule has 2 aliphatic heterocycles. The molecule has 0 radical (unpaired) electrons. The molecular formula is C27H43ClN4O5. The first kappa shape index (κ1) is 29.5. The van der Waals surface area contributed by atoms with Crippen molar-refractivity contribution in [1.82, 2.24) is 20.7 Å². The second-order valence-electron chi connectivity index (χ2n) is 9.94. The Balaban J connectivity index is 1.63. The van der Waals surface area contributed by atoms with E-state index in [0.29, 0.717) is 37.2 Å². The van der Waals surface area contributed by atoms with Crippen molar-refractivity contribution >= 4 is 23.7 Å². The number of rotatable bonds is 11. The molecule has 1 aromatic carbocycles. The van der Waals surface area contributed by atoms with Crippen molar-refractivity contribution in [2.75, 3.05) is 60.2 Å². The Labute approximate surface area is 226 Å². The van der Waals surface area contributed by atoms with Gasteiger partial charge in [0.25, 0.3) is 0 Å². The smallest absolute Gasteiger partial charge is 0.406 e. The van der Waals surface area contributed by atoms with Gasteiger partial charge < -0.3 is 24.4 Å². The summed E-state index contributed by atoms with van der Waals surface area (Å²) in [6.45, 7) is 6.38. The monoisotopic (exact) mass is 538 g/mol. The third kappa shape index (κ3) is 9.02. The molecule has 2 aliphatic rings. The fourth-order valence-electron chi connectivity index (χ4n) is 5.29. The Kier molecular flexibility index (Phi) is 12.2. The lowest BCUT2D eigenvalue weighted by Crippen LogP contribution is -2.52. The van der Waals surface area contributed by atoms with Crippen LogP contribution < -0.4 is 10.7 Å². The van der Waals surface area contributed by atoms with Crippen LogP contribution in [0.4, 0.5) is 9.59 Å². The summed E-state index contributed by atoms with van der Waals surface area (Å²) in [5.41, 5.74) is 5.20. The van der Waals surface area contributed by atoms with Crippen molar-refractivity contribution in [2.24, 2.45) is 11.8 Å². The molecule has 10 heteroatoms. The van der Waals surface area contributed by atoms with Crippen LogP contribution in [0.25, 0.3) is 0 Å². The number of nitrogens with zero attached hydrogens (tertiary/aromatic N) is 2. The number of likely N-dealkylation sites (tertiary alicyclic amines) is 1. The van der Waals surface area contributed by atoms with Crippen LogP contribution in [-0.4, -0.2) is 82.2 Å². The molecule has 3 amide bonds. The highest BCUT2D eigenvalue weighted by Gasteiger charge is 2.33. The highest BCUT2D eigenvalue weighted by molar-refractivity contribution is 6.30.